The molecule has 1 saturated heterocycles. The summed E-state index contributed by atoms with van der Waals surface area (Å²) < 4.78 is 5.45. The zero-order valence-electron chi connectivity index (χ0n) is 17.7. The lowest BCUT2D eigenvalue weighted by Crippen LogP contribution is -2.51. The molecule has 2 aliphatic rings. The van der Waals surface area contributed by atoms with Crippen LogP contribution in [0.15, 0.2) is 67.0 Å². The third-order valence-corrected chi connectivity index (χ3v) is 6.94. The second-order valence-corrected chi connectivity index (χ2v) is 8.69. The van der Waals surface area contributed by atoms with Crippen molar-refractivity contribution in [1.82, 2.24) is 9.88 Å². The van der Waals surface area contributed by atoms with Crippen LogP contribution in [-0.4, -0.2) is 42.3 Å². The summed E-state index contributed by atoms with van der Waals surface area (Å²) in [6.07, 6.45) is 3.19. The average molecular weight is 448 g/mol. The van der Waals surface area contributed by atoms with E-state index in [1.807, 2.05) is 54.4 Å². The van der Waals surface area contributed by atoms with Gasteiger partial charge in [-0.3, -0.25) is 19.5 Å². The van der Waals surface area contributed by atoms with E-state index in [2.05, 4.69) is 10.3 Å². The van der Waals surface area contributed by atoms with E-state index in [1.54, 1.807) is 31.6 Å². The van der Waals surface area contributed by atoms with Crippen LogP contribution in [0, 0.1) is 5.92 Å². The predicted molar refractivity (Wildman–Crippen MR) is 122 cm³/mol. The van der Waals surface area contributed by atoms with Crippen LogP contribution in [0.1, 0.15) is 27.4 Å². The Hall–Kier alpha value is -3.22. The number of likely N-dealkylation sites (N-methyl/N-ethyl adjacent to an activating group) is 1. The molecular weight excluding hydrogens is 426 g/mol. The number of hydrogen-bond donors (Lipinski definition) is 1. The second kappa shape index (κ2) is 7.73. The Labute approximate surface area is 191 Å². The number of carbonyl (C=O) groups excluding carboxylic acids is 2. The lowest BCUT2D eigenvalue weighted by Gasteiger charge is -2.35. The van der Waals surface area contributed by atoms with Gasteiger partial charge in [0.2, 0.25) is 5.91 Å². The number of fused-ring (bicyclic) bond motifs is 2. The highest BCUT2D eigenvalue weighted by molar-refractivity contribution is 6.30. The Kier molecular flexibility index (Phi) is 4.99. The lowest BCUT2D eigenvalue weighted by molar-refractivity contribution is -0.126. The van der Waals surface area contributed by atoms with E-state index in [4.69, 9.17) is 16.3 Å². The van der Waals surface area contributed by atoms with E-state index in [9.17, 15) is 9.59 Å². The highest BCUT2D eigenvalue weighted by atomic mass is 35.5. The molecule has 2 aliphatic heterocycles. The number of ketones is 1. The topological polar surface area (TPSA) is 71.5 Å². The normalized spacial score (nSPS) is 24.4. The molecule has 0 aliphatic carbocycles. The molecule has 0 unspecified atom stereocenters. The molecular formula is C25H22ClN3O3. The number of nitrogens with one attached hydrogen (secondary N) is 1. The van der Waals surface area contributed by atoms with Crippen molar-refractivity contribution in [3.8, 4) is 5.75 Å². The van der Waals surface area contributed by atoms with Crippen molar-refractivity contribution in [2.75, 3.05) is 26.0 Å². The summed E-state index contributed by atoms with van der Waals surface area (Å²) in [6, 6.07) is 16.5. The van der Waals surface area contributed by atoms with Crippen molar-refractivity contribution in [3.05, 3.63) is 88.7 Å². The standard InChI is InChI=1S/C25H22ClN3O3/c1-29-14-19(15-5-7-17(26)8-6-15)22(23(30)16-4-3-11-27-13-16)25(29)20-12-18(32-2)9-10-21(20)28-24(25)31/h3-13,19,22H,14H2,1-2H3,(H,28,31)/t19-,22+,25+/m0/s1. The molecule has 1 amide bonds. The molecule has 0 bridgehead atoms. The van der Waals surface area contributed by atoms with E-state index >= 15 is 0 Å². The zero-order chi connectivity index (χ0) is 22.5. The van der Waals surface area contributed by atoms with Gasteiger partial charge in [-0.15, -0.1) is 0 Å². The van der Waals surface area contributed by atoms with Crippen molar-refractivity contribution in [2.24, 2.45) is 5.92 Å². The minimum Gasteiger partial charge on any atom is -0.497 e. The van der Waals surface area contributed by atoms with Gasteiger partial charge < -0.3 is 10.1 Å². The number of aromatic nitrogens is 1. The minimum absolute atomic E-state index is 0.117. The van der Waals surface area contributed by atoms with Crippen molar-refractivity contribution in [1.29, 1.82) is 0 Å². The maximum Gasteiger partial charge on any atom is 0.250 e. The Morgan fingerprint density at radius 2 is 2.00 bits per heavy atom. The average Bonchev–Trinajstić information content (AvgIpc) is 3.29. The molecule has 3 aromatic rings. The number of anilines is 1. The quantitative estimate of drug-likeness (QED) is 0.609. The molecule has 3 atom stereocenters. The zero-order valence-corrected chi connectivity index (χ0v) is 18.5. The number of Topliss-reactive ketones (excluding diaryl/α,β-unsaturated/α-hetero) is 1. The maximum absolute atomic E-state index is 14.0. The number of benzene rings is 2. The number of hydrogen-bond acceptors (Lipinski definition) is 5. The highest BCUT2D eigenvalue weighted by Crippen LogP contribution is 2.56. The second-order valence-electron chi connectivity index (χ2n) is 8.25. The van der Waals surface area contributed by atoms with Gasteiger partial charge in [-0.1, -0.05) is 23.7 Å². The summed E-state index contributed by atoms with van der Waals surface area (Å²) in [5, 5.41) is 3.63. The summed E-state index contributed by atoms with van der Waals surface area (Å²) in [6.45, 7) is 0.530. The molecule has 1 N–H and O–H groups in total. The van der Waals surface area contributed by atoms with Crippen LogP contribution in [0.3, 0.4) is 0 Å². The smallest absolute Gasteiger partial charge is 0.250 e. The summed E-state index contributed by atoms with van der Waals surface area (Å²) in [4.78, 5) is 33.8. The first-order valence-corrected chi connectivity index (χ1v) is 10.8. The van der Waals surface area contributed by atoms with Crippen LogP contribution in [0.2, 0.25) is 5.02 Å². The largest absolute Gasteiger partial charge is 0.497 e. The van der Waals surface area contributed by atoms with Crippen LogP contribution < -0.4 is 10.1 Å². The van der Waals surface area contributed by atoms with Crippen molar-refractivity contribution < 1.29 is 14.3 Å². The van der Waals surface area contributed by atoms with Crippen LogP contribution in [0.5, 0.6) is 5.75 Å². The molecule has 1 aromatic heterocycles. The van der Waals surface area contributed by atoms with Crippen molar-refractivity contribution in [2.45, 2.75) is 11.5 Å². The van der Waals surface area contributed by atoms with Gasteiger partial charge in [0.05, 0.1) is 13.0 Å². The summed E-state index contributed by atoms with van der Waals surface area (Å²) in [5.41, 5.74) is 1.73. The number of nitrogens with zero attached hydrogens (tertiary/aromatic N) is 2. The third kappa shape index (κ3) is 2.94. The molecule has 32 heavy (non-hydrogen) atoms. The number of pyridine rings is 1. The number of methoxy groups -OCH3 is 1. The summed E-state index contributed by atoms with van der Waals surface area (Å²) >= 11 is 6.12. The molecule has 7 heteroatoms. The van der Waals surface area contributed by atoms with Crippen molar-refractivity contribution >= 4 is 29.0 Å². The first-order valence-electron chi connectivity index (χ1n) is 10.4. The molecule has 0 radical (unpaired) electrons. The van der Waals surface area contributed by atoms with Crippen LogP contribution in [-0.2, 0) is 10.3 Å². The van der Waals surface area contributed by atoms with Gasteiger partial charge in [0.15, 0.2) is 5.78 Å². The van der Waals surface area contributed by atoms with E-state index in [0.29, 0.717) is 28.6 Å². The Bertz CT molecular complexity index is 1200. The van der Waals surface area contributed by atoms with Crippen LogP contribution >= 0.6 is 11.6 Å². The number of carbonyl (C=O) groups is 2. The number of rotatable bonds is 4. The maximum atomic E-state index is 14.0. The number of likely N-dealkylation sites (tertiary alicyclic amines) is 1. The molecule has 6 nitrogen and oxygen atoms in total. The SMILES string of the molecule is COc1ccc2c(c1)[C@]1(C(=O)N2)[C@@H](C(=O)c2cccnc2)[C@H](c2ccc(Cl)cc2)CN1C. The van der Waals surface area contributed by atoms with Gasteiger partial charge in [0.25, 0.3) is 0 Å². The fourth-order valence-electron chi connectivity index (χ4n) is 5.24. The Morgan fingerprint density at radius 1 is 1.22 bits per heavy atom. The predicted octanol–water partition coefficient (Wildman–Crippen LogP) is 4.12. The molecule has 1 spiro atoms. The Balaban J connectivity index is 1.74. The van der Waals surface area contributed by atoms with Gasteiger partial charge in [-0.25, -0.2) is 0 Å². The highest BCUT2D eigenvalue weighted by Gasteiger charge is 2.64. The third-order valence-electron chi connectivity index (χ3n) is 6.68. The van der Waals surface area contributed by atoms with E-state index in [0.717, 1.165) is 11.1 Å². The van der Waals surface area contributed by atoms with Gasteiger partial charge in [-0.2, -0.15) is 0 Å². The van der Waals surface area contributed by atoms with Gasteiger partial charge in [0.1, 0.15) is 11.3 Å². The number of ether oxygens (including phenoxy) is 1. The summed E-state index contributed by atoms with van der Waals surface area (Å²) in [5.74, 6) is -0.565. The minimum atomic E-state index is -1.17. The summed E-state index contributed by atoms with van der Waals surface area (Å²) in [7, 11) is 3.49. The van der Waals surface area contributed by atoms with Gasteiger partial charge in [-0.05, 0) is 55.1 Å². The van der Waals surface area contributed by atoms with E-state index in [-0.39, 0.29) is 17.6 Å². The lowest BCUT2D eigenvalue weighted by atomic mass is 9.70. The van der Waals surface area contributed by atoms with Crippen molar-refractivity contribution in [3.63, 3.8) is 0 Å². The number of halogens is 1. The van der Waals surface area contributed by atoms with Gasteiger partial charge >= 0.3 is 0 Å². The molecule has 2 aromatic carbocycles. The molecule has 5 rings (SSSR count). The monoisotopic (exact) mass is 447 g/mol. The molecule has 162 valence electrons. The Morgan fingerprint density at radius 3 is 2.69 bits per heavy atom. The first-order chi connectivity index (χ1) is 15.5. The van der Waals surface area contributed by atoms with E-state index in [1.165, 1.54) is 0 Å². The fourth-order valence-corrected chi connectivity index (χ4v) is 5.37. The molecule has 0 saturated carbocycles. The van der Waals surface area contributed by atoms with E-state index < -0.39 is 11.5 Å². The van der Waals surface area contributed by atoms with Crippen LogP contribution in [0.4, 0.5) is 5.69 Å². The first kappa shape index (κ1) is 20.7. The fraction of sp³-hybridized carbons (Fsp3) is 0.240. The number of amides is 1. The molecule has 1 fully saturated rings. The van der Waals surface area contributed by atoms with Gasteiger partial charge in [0, 0.05) is 46.7 Å². The van der Waals surface area contributed by atoms with Crippen LogP contribution in [0.25, 0.3) is 0 Å². The molecule has 3 heterocycles.